The summed E-state index contributed by atoms with van der Waals surface area (Å²) in [5.74, 6) is 0. The first-order valence-corrected chi connectivity index (χ1v) is 12.4. The quantitative estimate of drug-likeness (QED) is 0.0550. The van der Waals surface area contributed by atoms with Crippen molar-refractivity contribution in [2.75, 3.05) is 66.4 Å². The van der Waals surface area contributed by atoms with Gasteiger partial charge in [0.1, 0.15) is 0 Å². The van der Waals surface area contributed by atoms with Crippen LogP contribution in [0.2, 0.25) is 0 Å². The van der Waals surface area contributed by atoms with Crippen LogP contribution in [0, 0.1) is 10.8 Å². The summed E-state index contributed by atoms with van der Waals surface area (Å²) in [6, 6.07) is 0. The van der Waals surface area contributed by atoms with Crippen LogP contribution in [0.4, 0.5) is 0 Å². The normalized spacial score (nSPS) is 11.7. The van der Waals surface area contributed by atoms with Crippen LogP contribution >= 0.6 is 0 Å². The van der Waals surface area contributed by atoms with Crippen molar-refractivity contribution >= 4 is 0 Å². The first kappa shape index (κ1) is 35.0. The summed E-state index contributed by atoms with van der Waals surface area (Å²) in [5.41, 5.74) is 0.862. The molecule has 0 atom stereocenters. The molecule has 0 bridgehead atoms. The van der Waals surface area contributed by atoms with Gasteiger partial charge in [0.15, 0.2) is 13.6 Å². The van der Waals surface area contributed by atoms with Gasteiger partial charge in [-0.1, -0.05) is 49.6 Å². The lowest BCUT2D eigenvalue weighted by molar-refractivity contribution is -0.142. The third kappa shape index (κ3) is 15.8. The molecule has 0 aromatic carbocycles. The zero-order valence-electron chi connectivity index (χ0n) is 22.3. The van der Waals surface area contributed by atoms with Gasteiger partial charge in [0.25, 0.3) is 0 Å². The van der Waals surface area contributed by atoms with E-state index in [1.165, 1.54) is 12.5 Å². The molecule has 0 fully saturated rings. The molecule has 9 heteroatoms. The van der Waals surface area contributed by atoms with Gasteiger partial charge in [0, 0.05) is 0 Å². The Hall–Kier alpha value is -1.98. The van der Waals surface area contributed by atoms with Crippen molar-refractivity contribution in [3.05, 3.63) is 62.1 Å². The number of hydrogen-bond acceptors (Lipinski definition) is 9. The smallest absolute Gasteiger partial charge is 0.188 e. The minimum absolute atomic E-state index is 0.0336. The summed E-state index contributed by atoms with van der Waals surface area (Å²) in [7, 11) is 0. The molecule has 0 radical (unpaired) electrons. The Morgan fingerprint density at radius 3 is 1.24 bits per heavy atom. The molecule has 37 heavy (non-hydrogen) atoms. The first-order chi connectivity index (χ1) is 17.8. The summed E-state index contributed by atoms with van der Waals surface area (Å²) < 4.78 is 27.4. The standard InChI is InChI=1S/C28H48O9/c1-6-33-22-36-20-28(17-32,21-37-23-34-7-2)19-35-18-27(11-8-24(3)14-29,12-9-25(4)15-30)13-10-26(5)16-31/h6-7,29-32H,1-5,8-23H2. The second-order valence-electron chi connectivity index (χ2n) is 9.47. The van der Waals surface area contributed by atoms with Gasteiger partial charge >= 0.3 is 0 Å². The maximum absolute atomic E-state index is 10.3. The summed E-state index contributed by atoms with van der Waals surface area (Å²) in [4.78, 5) is 0. The van der Waals surface area contributed by atoms with Gasteiger partial charge < -0.3 is 44.1 Å². The minimum Gasteiger partial charge on any atom is -0.476 e. The minimum atomic E-state index is -0.890. The van der Waals surface area contributed by atoms with Crippen LogP contribution in [0.1, 0.15) is 38.5 Å². The van der Waals surface area contributed by atoms with Crippen LogP contribution in [0.25, 0.3) is 0 Å². The van der Waals surface area contributed by atoms with E-state index in [-0.39, 0.29) is 65.2 Å². The van der Waals surface area contributed by atoms with Gasteiger partial charge in [-0.05, 0) is 43.9 Å². The van der Waals surface area contributed by atoms with Crippen molar-refractivity contribution in [2.45, 2.75) is 38.5 Å². The predicted octanol–water partition coefficient (Wildman–Crippen LogP) is 3.22. The summed E-state index contributed by atoms with van der Waals surface area (Å²) in [6.45, 7) is 18.7. The molecule has 0 spiro atoms. The van der Waals surface area contributed by atoms with Crippen LogP contribution in [-0.4, -0.2) is 86.9 Å². The van der Waals surface area contributed by atoms with Crippen molar-refractivity contribution in [1.82, 2.24) is 0 Å². The van der Waals surface area contributed by atoms with Gasteiger partial charge in [-0.3, -0.25) is 0 Å². The van der Waals surface area contributed by atoms with Crippen molar-refractivity contribution in [2.24, 2.45) is 10.8 Å². The highest BCUT2D eigenvalue weighted by Crippen LogP contribution is 2.39. The molecular formula is C28H48O9. The number of aliphatic hydroxyl groups excluding tert-OH is 4. The molecule has 214 valence electrons. The van der Waals surface area contributed by atoms with Crippen molar-refractivity contribution in [3.8, 4) is 0 Å². The third-order valence-electron chi connectivity index (χ3n) is 6.20. The van der Waals surface area contributed by atoms with Gasteiger partial charge in [-0.15, -0.1) is 0 Å². The van der Waals surface area contributed by atoms with E-state index in [1.54, 1.807) is 0 Å². The van der Waals surface area contributed by atoms with Crippen LogP contribution < -0.4 is 0 Å². The van der Waals surface area contributed by atoms with E-state index < -0.39 is 5.41 Å². The average Bonchev–Trinajstić information content (AvgIpc) is 2.92. The molecule has 9 nitrogen and oxygen atoms in total. The van der Waals surface area contributed by atoms with E-state index in [1.807, 2.05) is 0 Å². The number of rotatable bonds is 27. The monoisotopic (exact) mass is 528 g/mol. The van der Waals surface area contributed by atoms with Crippen molar-refractivity contribution in [1.29, 1.82) is 0 Å². The maximum Gasteiger partial charge on any atom is 0.188 e. The van der Waals surface area contributed by atoms with Crippen molar-refractivity contribution < 1.29 is 44.1 Å². The lowest BCUT2D eigenvalue weighted by Crippen LogP contribution is -2.42. The van der Waals surface area contributed by atoms with Gasteiger partial charge in [-0.2, -0.15) is 0 Å². The van der Waals surface area contributed by atoms with Gasteiger partial charge in [0.05, 0.1) is 70.8 Å². The second kappa shape index (κ2) is 21.0. The van der Waals surface area contributed by atoms with Crippen LogP contribution in [0.3, 0.4) is 0 Å². The Labute approximate surface area is 222 Å². The molecule has 0 heterocycles. The van der Waals surface area contributed by atoms with Crippen LogP contribution in [0.5, 0.6) is 0 Å². The molecule has 0 unspecified atom stereocenters. The maximum atomic E-state index is 10.3. The van der Waals surface area contributed by atoms with Crippen molar-refractivity contribution in [3.63, 3.8) is 0 Å². The van der Waals surface area contributed by atoms with Gasteiger partial charge in [-0.25, -0.2) is 0 Å². The van der Waals surface area contributed by atoms with Crippen LogP contribution in [-0.2, 0) is 23.7 Å². The van der Waals surface area contributed by atoms with Crippen LogP contribution in [0.15, 0.2) is 62.1 Å². The molecule has 0 saturated heterocycles. The van der Waals surface area contributed by atoms with Gasteiger partial charge in [0.2, 0.25) is 0 Å². The lowest BCUT2D eigenvalue weighted by Gasteiger charge is -2.37. The molecule has 0 aliphatic rings. The largest absolute Gasteiger partial charge is 0.476 e. The Kier molecular flexibility index (Phi) is 19.9. The van der Waals surface area contributed by atoms with E-state index in [2.05, 4.69) is 32.9 Å². The van der Waals surface area contributed by atoms with E-state index in [0.29, 0.717) is 61.9 Å². The molecule has 0 aliphatic heterocycles. The average molecular weight is 529 g/mol. The Balaban J connectivity index is 5.68. The van der Waals surface area contributed by atoms with E-state index in [0.717, 1.165) is 0 Å². The fourth-order valence-electron chi connectivity index (χ4n) is 3.61. The SMILES string of the molecule is C=COCOCC(CO)(COCOC=C)COCC(CCC(=C)CO)(CCC(=C)CO)CCC(=C)CO. The molecule has 0 rings (SSSR count). The molecule has 0 aromatic rings. The zero-order chi connectivity index (χ0) is 28.0. The highest BCUT2D eigenvalue weighted by molar-refractivity contribution is 5.02. The molecular weight excluding hydrogens is 480 g/mol. The highest BCUT2D eigenvalue weighted by atomic mass is 16.7. The summed E-state index contributed by atoms with van der Waals surface area (Å²) in [6.07, 6.45) is 6.31. The number of ether oxygens (including phenoxy) is 5. The molecule has 0 amide bonds. The molecule has 0 aromatic heterocycles. The number of aliphatic hydroxyl groups is 4. The van der Waals surface area contributed by atoms with E-state index in [4.69, 9.17) is 23.7 Å². The first-order valence-electron chi connectivity index (χ1n) is 12.4. The van der Waals surface area contributed by atoms with E-state index >= 15 is 0 Å². The second-order valence-corrected chi connectivity index (χ2v) is 9.47. The fraction of sp³-hybridized carbons (Fsp3) is 0.643. The Bertz CT molecular complexity index is 608. The summed E-state index contributed by atoms with van der Waals surface area (Å²) in [5, 5.41) is 38.7. The Morgan fingerprint density at radius 1 is 0.568 bits per heavy atom. The highest BCUT2D eigenvalue weighted by Gasteiger charge is 2.35. The third-order valence-corrected chi connectivity index (χ3v) is 6.20. The fourth-order valence-corrected chi connectivity index (χ4v) is 3.61. The zero-order valence-corrected chi connectivity index (χ0v) is 22.3. The topological polar surface area (TPSA) is 127 Å². The van der Waals surface area contributed by atoms with E-state index in [9.17, 15) is 20.4 Å². The number of hydrogen-bond donors (Lipinski definition) is 4. The molecule has 0 saturated carbocycles. The lowest BCUT2D eigenvalue weighted by atomic mass is 9.74. The predicted molar refractivity (Wildman–Crippen MR) is 143 cm³/mol. The summed E-state index contributed by atoms with van der Waals surface area (Å²) >= 11 is 0. The Morgan fingerprint density at radius 2 is 0.919 bits per heavy atom. The molecule has 4 N–H and O–H groups in total. The molecule has 0 aliphatic carbocycles.